The molecule has 1 atom stereocenters. The summed E-state index contributed by atoms with van der Waals surface area (Å²) in [6.07, 6.45) is 1.79. The lowest BCUT2D eigenvalue weighted by Crippen LogP contribution is -2.43. The fourth-order valence-corrected chi connectivity index (χ4v) is 3.57. The Bertz CT molecular complexity index is 865. The van der Waals surface area contributed by atoms with Crippen LogP contribution in [0.25, 0.3) is 0 Å². The second-order valence-corrected chi connectivity index (χ2v) is 7.51. The standard InChI is InChI=1S/C22H33N5O2.HI/c1-6-23-22(25-15(2)13-19-16(3)26-27(5)17(19)4)24-14-18-9-7-10-20-21(18)29-12-8-11-28-20;/h7,9-10,15H,6,8,11-14H2,1-5H3,(H2,23,24,25);1H. The van der Waals surface area contributed by atoms with E-state index in [1.807, 2.05) is 29.9 Å². The summed E-state index contributed by atoms with van der Waals surface area (Å²) in [6, 6.07) is 6.22. The summed E-state index contributed by atoms with van der Waals surface area (Å²) in [7, 11) is 1.99. The fourth-order valence-electron chi connectivity index (χ4n) is 3.57. The molecule has 0 saturated carbocycles. The maximum absolute atomic E-state index is 5.92. The molecule has 1 aromatic carbocycles. The molecule has 0 saturated heterocycles. The highest BCUT2D eigenvalue weighted by Gasteiger charge is 2.16. The van der Waals surface area contributed by atoms with E-state index in [-0.39, 0.29) is 30.0 Å². The van der Waals surface area contributed by atoms with Gasteiger partial charge in [0.05, 0.1) is 25.5 Å². The molecule has 166 valence electrons. The average Bonchev–Trinajstić information content (AvgIpc) is 2.87. The zero-order valence-corrected chi connectivity index (χ0v) is 20.9. The van der Waals surface area contributed by atoms with Gasteiger partial charge in [0.25, 0.3) is 0 Å². The summed E-state index contributed by atoms with van der Waals surface area (Å²) < 4.78 is 13.6. The van der Waals surface area contributed by atoms with Crippen molar-refractivity contribution in [3.8, 4) is 11.5 Å². The molecule has 0 spiro atoms. The van der Waals surface area contributed by atoms with Gasteiger partial charge in [-0.15, -0.1) is 24.0 Å². The monoisotopic (exact) mass is 527 g/mol. The highest BCUT2D eigenvalue weighted by Crippen LogP contribution is 2.33. The second kappa shape index (κ2) is 11.4. The summed E-state index contributed by atoms with van der Waals surface area (Å²) in [5.74, 6) is 2.43. The van der Waals surface area contributed by atoms with Crippen LogP contribution < -0.4 is 20.1 Å². The first-order valence-corrected chi connectivity index (χ1v) is 10.4. The van der Waals surface area contributed by atoms with Gasteiger partial charge in [0.2, 0.25) is 0 Å². The molecule has 2 heterocycles. The number of aryl methyl sites for hydroxylation is 2. The zero-order chi connectivity index (χ0) is 20.8. The van der Waals surface area contributed by atoms with E-state index in [9.17, 15) is 0 Å². The van der Waals surface area contributed by atoms with Crippen molar-refractivity contribution in [2.45, 2.75) is 53.1 Å². The number of aromatic nitrogens is 2. The Labute approximate surface area is 196 Å². The number of rotatable bonds is 6. The highest BCUT2D eigenvalue weighted by molar-refractivity contribution is 14.0. The molecule has 1 unspecified atom stereocenters. The van der Waals surface area contributed by atoms with E-state index in [4.69, 9.17) is 14.5 Å². The molecule has 0 fully saturated rings. The Hall–Kier alpha value is -1.97. The van der Waals surface area contributed by atoms with Gasteiger partial charge in [0.15, 0.2) is 17.5 Å². The van der Waals surface area contributed by atoms with Crippen LogP contribution in [0.4, 0.5) is 0 Å². The molecule has 30 heavy (non-hydrogen) atoms. The van der Waals surface area contributed by atoms with Crippen molar-refractivity contribution in [1.82, 2.24) is 20.4 Å². The predicted molar refractivity (Wildman–Crippen MR) is 131 cm³/mol. The number of hydrogen-bond donors (Lipinski definition) is 2. The maximum Gasteiger partial charge on any atom is 0.191 e. The molecule has 1 aliphatic heterocycles. The van der Waals surface area contributed by atoms with Crippen molar-refractivity contribution >= 4 is 29.9 Å². The molecule has 7 nitrogen and oxygen atoms in total. The Kier molecular flexibility index (Phi) is 9.26. The van der Waals surface area contributed by atoms with E-state index in [0.29, 0.717) is 19.8 Å². The Morgan fingerprint density at radius 2 is 2.03 bits per heavy atom. The number of ether oxygens (including phenoxy) is 2. The van der Waals surface area contributed by atoms with Crippen molar-refractivity contribution in [2.75, 3.05) is 19.8 Å². The van der Waals surface area contributed by atoms with E-state index in [1.54, 1.807) is 0 Å². The minimum atomic E-state index is 0. The number of nitrogens with zero attached hydrogens (tertiary/aromatic N) is 3. The van der Waals surface area contributed by atoms with Gasteiger partial charge < -0.3 is 20.1 Å². The summed E-state index contributed by atoms with van der Waals surface area (Å²) in [5, 5.41) is 11.4. The smallest absolute Gasteiger partial charge is 0.191 e. The van der Waals surface area contributed by atoms with Gasteiger partial charge in [-0.3, -0.25) is 4.68 Å². The summed E-state index contributed by atoms with van der Waals surface area (Å²) in [5.41, 5.74) is 4.63. The van der Waals surface area contributed by atoms with Crippen LogP contribution in [0.5, 0.6) is 11.5 Å². The number of para-hydroxylation sites is 1. The molecule has 0 bridgehead atoms. The summed E-state index contributed by atoms with van der Waals surface area (Å²) >= 11 is 0. The van der Waals surface area contributed by atoms with Crippen LogP contribution in [0.1, 0.15) is 42.8 Å². The van der Waals surface area contributed by atoms with Crippen LogP contribution in [0, 0.1) is 13.8 Å². The van der Waals surface area contributed by atoms with Gasteiger partial charge in [-0.25, -0.2) is 4.99 Å². The van der Waals surface area contributed by atoms with Crippen LogP contribution in [0.15, 0.2) is 23.2 Å². The van der Waals surface area contributed by atoms with E-state index >= 15 is 0 Å². The van der Waals surface area contributed by atoms with E-state index in [1.165, 1.54) is 11.3 Å². The van der Waals surface area contributed by atoms with Gasteiger partial charge in [0, 0.05) is 37.3 Å². The first-order chi connectivity index (χ1) is 14.0. The van der Waals surface area contributed by atoms with Crippen molar-refractivity contribution < 1.29 is 9.47 Å². The van der Waals surface area contributed by atoms with Crippen LogP contribution in [-0.2, 0) is 20.0 Å². The molecule has 1 aromatic heterocycles. The van der Waals surface area contributed by atoms with Gasteiger partial charge in [0.1, 0.15) is 0 Å². The van der Waals surface area contributed by atoms with Gasteiger partial charge in [-0.2, -0.15) is 5.10 Å². The number of halogens is 1. The van der Waals surface area contributed by atoms with Crippen molar-refractivity contribution in [3.05, 3.63) is 40.7 Å². The fraction of sp³-hybridized carbons (Fsp3) is 0.545. The number of aliphatic imine (C=N–C) groups is 1. The van der Waals surface area contributed by atoms with Crippen molar-refractivity contribution in [1.29, 1.82) is 0 Å². The van der Waals surface area contributed by atoms with Crippen LogP contribution in [-0.4, -0.2) is 41.5 Å². The highest BCUT2D eigenvalue weighted by atomic mass is 127. The molecular weight excluding hydrogens is 493 g/mol. The third-order valence-corrected chi connectivity index (χ3v) is 5.16. The third-order valence-electron chi connectivity index (χ3n) is 5.16. The Morgan fingerprint density at radius 1 is 1.27 bits per heavy atom. The van der Waals surface area contributed by atoms with Crippen LogP contribution in [0.2, 0.25) is 0 Å². The van der Waals surface area contributed by atoms with E-state index in [2.05, 4.69) is 43.4 Å². The minimum absolute atomic E-state index is 0. The zero-order valence-electron chi connectivity index (χ0n) is 18.6. The summed E-state index contributed by atoms with van der Waals surface area (Å²) in [4.78, 5) is 4.79. The number of benzene rings is 1. The predicted octanol–water partition coefficient (Wildman–Crippen LogP) is 3.50. The van der Waals surface area contributed by atoms with Crippen LogP contribution >= 0.6 is 24.0 Å². The first-order valence-electron chi connectivity index (χ1n) is 10.4. The molecule has 2 N–H and O–H groups in total. The molecule has 0 amide bonds. The van der Waals surface area contributed by atoms with Gasteiger partial charge in [-0.1, -0.05) is 12.1 Å². The lowest BCUT2D eigenvalue weighted by molar-refractivity contribution is 0.296. The number of fused-ring (bicyclic) bond motifs is 1. The topological polar surface area (TPSA) is 72.7 Å². The third kappa shape index (κ3) is 6.02. The molecule has 2 aromatic rings. The molecule has 3 rings (SSSR count). The van der Waals surface area contributed by atoms with Crippen LogP contribution in [0.3, 0.4) is 0 Å². The Morgan fingerprint density at radius 3 is 2.73 bits per heavy atom. The first kappa shape index (κ1) is 24.3. The van der Waals surface area contributed by atoms with E-state index < -0.39 is 0 Å². The van der Waals surface area contributed by atoms with Crippen molar-refractivity contribution in [3.63, 3.8) is 0 Å². The number of hydrogen-bond acceptors (Lipinski definition) is 4. The molecule has 0 radical (unpaired) electrons. The van der Waals surface area contributed by atoms with E-state index in [0.717, 1.165) is 48.1 Å². The SMILES string of the molecule is CCNC(=NCc1cccc2c1OCCCO2)NC(C)Cc1c(C)nn(C)c1C.I. The quantitative estimate of drug-likeness (QED) is 0.342. The molecule has 8 heteroatoms. The molecular formula is C22H34IN5O2. The summed E-state index contributed by atoms with van der Waals surface area (Å²) in [6.45, 7) is 11.1. The largest absolute Gasteiger partial charge is 0.490 e. The Balaban J connectivity index is 0.00000320. The van der Waals surface area contributed by atoms with Crippen molar-refractivity contribution in [2.24, 2.45) is 12.0 Å². The van der Waals surface area contributed by atoms with Gasteiger partial charge >= 0.3 is 0 Å². The average molecular weight is 527 g/mol. The maximum atomic E-state index is 5.92. The lowest BCUT2D eigenvalue weighted by atomic mass is 10.1. The minimum Gasteiger partial charge on any atom is -0.490 e. The molecule has 1 aliphatic rings. The second-order valence-electron chi connectivity index (χ2n) is 7.51. The normalized spacial score (nSPS) is 14.5. The molecule has 0 aliphatic carbocycles. The number of nitrogens with one attached hydrogen (secondary N) is 2. The van der Waals surface area contributed by atoms with Gasteiger partial charge in [-0.05, 0) is 45.7 Å². The lowest BCUT2D eigenvalue weighted by Gasteiger charge is -2.18. The number of guanidine groups is 1.